The normalized spacial score (nSPS) is 16.1. The SMILES string of the molecule is O=C(O)CC1(NC(=O)COCCNC(=O)OCC2c3ccccc3-c3ccccc32)CCCCC1. The monoisotopic (exact) mass is 480 g/mol. The molecule has 8 nitrogen and oxygen atoms in total. The lowest BCUT2D eigenvalue weighted by atomic mass is 9.79. The predicted octanol–water partition coefficient (Wildman–Crippen LogP) is 3.84. The van der Waals surface area contributed by atoms with E-state index in [1.165, 1.54) is 11.1 Å². The summed E-state index contributed by atoms with van der Waals surface area (Å²) in [6, 6.07) is 16.3. The van der Waals surface area contributed by atoms with E-state index in [4.69, 9.17) is 9.47 Å². The van der Waals surface area contributed by atoms with Crippen molar-refractivity contribution in [3.8, 4) is 11.1 Å². The molecule has 0 radical (unpaired) electrons. The summed E-state index contributed by atoms with van der Waals surface area (Å²) in [6.07, 6.45) is 3.55. The summed E-state index contributed by atoms with van der Waals surface area (Å²) in [6.45, 7) is 0.385. The van der Waals surface area contributed by atoms with E-state index in [2.05, 4.69) is 34.9 Å². The molecule has 2 amide bonds. The average molecular weight is 481 g/mol. The standard InChI is InChI=1S/C27H32N2O6/c30-24(29-27(16-25(31)32)12-6-1-7-13-27)18-34-15-14-28-26(33)35-17-23-21-10-4-2-8-19(21)20-9-3-5-11-22(20)23/h2-5,8-11,23H,1,6-7,12-18H2,(H,28,33)(H,29,30)(H,31,32). The van der Waals surface area contributed by atoms with Gasteiger partial charge in [0, 0.05) is 12.5 Å². The zero-order valence-corrected chi connectivity index (χ0v) is 19.8. The smallest absolute Gasteiger partial charge is 0.407 e. The molecule has 0 bridgehead atoms. The molecule has 0 aromatic heterocycles. The van der Waals surface area contributed by atoms with Gasteiger partial charge in [-0.25, -0.2) is 4.79 Å². The van der Waals surface area contributed by atoms with Crippen molar-refractivity contribution in [1.29, 1.82) is 0 Å². The van der Waals surface area contributed by atoms with E-state index in [-0.39, 0.29) is 44.6 Å². The van der Waals surface area contributed by atoms with Crippen LogP contribution in [0.4, 0.5) is 4.79 Å². The third-order valence-corrected chi connectivity index (χ3v) is 6.80. The van der Waals surface area contributed by atoms with Crippen LogP contribution in [0.3, 0.4) is 0 Å². The van der Waals surface area contributed by atoms with Crippen LogP contribution >= 0.6 is 0 Å². The first-order chi connectivity index (χ1) is 17.0. The van der Waals surface area contributed by atoms with Gasteiger partial charge in [0.2, 0.25) is 5.91 Å². The lowest BCUT2D eigenvalue weighted by molar-refractivity contribution is -0.140. The fourth-order valence-electron chi connectivity index (χ4n) is 5.24. The second kappa shape index (κ2) is 11.4. The lowest BCUT2D eigenvalue weighted by Crippen LogP contribution is -2.52. The van der Waals surface area contributed by atoms with Crippen molar-refractivity contribution in [2.75, 3.05) is 26.4 Å². The van der Waals surface area contributed by atoms with Gasteiger partial charge in [-0.1, -0.05) is 67.8 Å². The van der Waals surface area contributed by atoms with Crippen LogP contribution in [0.2, 0.25) is 0 Å². The molecule has 2 aromatic rings. The summed E-state index contributed by atoms with van der Waals surface area (Å²) in [4.78, 5) is 35.8. The van der Waals surface area contributed by atoms with Gasteiger partial charge in [-0.15, -0.1) is 0 Å². The first-order valence-corrected chi connectivity index (χ1v) is 12.2. The molecule has 0 unspecified atom stereocenters. The maximum Gasteiger partial charge on any atom is 0.407 e. The molecule has 0 spiro atoms. The summed E-state index contributed by atoms with van der Waals surface area (Å²) in [5.74, 6) is -1.26. The third-order valence-electron chi connectivity index (χ3n) is 6.80. The van der Waals surface area contributed by atoms with Crippen LogP contribution in [0.5, 0.6) is 0 Å². The average Bonchev–Trinajstić information content (AvgIpc) is 3.16. The summed E-state index contributed by atoms with van der Waals surface area (Å²) < 4.78 is 10.9. The molecule has 35 heavy (non-hydrogen) atoms. The summed E-state index contributed by atoms with van der Waals surface area (Å²) in [5, 5.41) is 14.7. The predicted molar refractivity (Wildman–Crippen MR) is 130 cm³/mol. The third kappa shape index (κ3) is 6.19. The van der Waals surface area contributed by atoms with Crippen molar-refractivity contribution >= 4 is 18.0 Å². The van der Waals surface area contributed by atoms with Gasteiger partial charge in [0.25, 0.3) is 0 Å². The second-order valence-corrected chi connectivity index (χ2v) is 9.26. The number of nitrogens with one attached hydrogen (secondary N) is 2. The number of hydrogen-bond donors (Lipinski definition) is 3. The Kier molecular flexibility index (Phi) is 8.02. The summed E-state index contributed by atoms with van der Waals surface area (Å²) in [7, 11) is 0. The van der Waals surface area contributed by atoms with Gasteiger partial charge < -0.3 is 25.2 Å². The van der Waals surface area contributed by atoms with Gasteiger partial charge in [0.15, 0.2) is 0 Å². The number of carboxylic acid groups (broad SMARTS) is 1. The molecule has 1 saturated carbocycles. The zero-order valence-electron chi connectivity index (χ0n) is 19.8. The number of amides is 2. The highest BCUT2D eigenvalue weighted by Crippen LogP contribution is 2.44. The molecule has 2 aliphatic rings. The van der Waals surface area contributed by atoms with Gasteiger partial charge in [-0.2, -0.15) is 0 Å². The van der Waals surface area contributed by atoms with Gasteiger partial charge in [0.05, 0.1) is 18.6 Å². The molecule has 1 fully saturated rings. The Balaban J connectivity index is 1.17. The number of ether oxygens (including phenoxy) is 2. The van der Waals surface area contributed by atoms with Crippen molar-refractivity contribution in [3.63, 3.8) is 0 Å². The maximum absolute atomic E-state index is 12.3. The molecular formula is C27H32N2O6. The Bertz CT molecular complexity index is 1020. The zero-order chi connectivity index (χ0) is 24.7. The van der Waals surface area contributed by atoms with Crippen LogP contribution in [0.15, 0.2) is 48.5 Å². The number of carbonyl (C=O) groups is 3. The number of alkyl carbamates (subject to hydrolysis) is 1. The molecule has 186 valence electrons. The van der Waals surface area contributed by atoms with Crippen molar-refractivity contribution in [1.82, 2.24) is 10.6 Å². The quantitative estimate of drug-likeness (QED) is 0.445. The number of fused-ring (bicyclic) bond motifs is 3. The second-order valence-electron chi connectivity index (χ2n) is 9.26. The molecule has 4 rings (SSSR count). The molecule has 0 aliphatic heterocycles. The Labute approximate surface area is 205 Å². The molecule has 3 N–H and O–H groups in total. The van der Waals surface area contributed by atoms with E-state index in [9.17, 15) is 19.5 Å². The van der Waals surface area contributed by atoms with Crippen molar-refractivity contribution in [3.05, 3.63) is 59.7 Å². The van der Waals surface area contributed by atoms with Gasteiger partial charge in [-0.05, 0) is 35.1 Å². The molecular weight excluding hydrogens is 448 g/mol. The molecule has 0 heterocycles. The molecule has 8 heteroatoms. The van der Waals surface area contributed by atoms with Crippen LogP contribution in [-0.4, -0.2) is 55.0 Å². The van der Waals surface area contributed by atoms with Crippen LogP contribution < -0.4 is 10.6 Å². The van der Waals surface area contributed by atoms with E-state index in [0.717, 1.165) is 30.4 Å². The van der Waals surface area contributed by atoms with Crippen LogP contribution in [-0.2, 0) is 19.1 Å². The van der Waals surface area contributed by atoms with Crippen molar-refractivity contribution in [2.45, 2.75) is 50.0 Å². The fraction of sp³-hybridized carbons (Fsp3) is 0.444. The minimum Gasteiger partial charge on any atom is -0.481 e. The fourth-order valence-corrected chi connectivity index (χ4v) is 5.24. The number of carboxylic acids is 1. The molecule has 0 atom stereocenters. The minimum absolute atomic E-state index is 0.00833. The van der Waals surface area contributed by atoms with Crippen molar-refractivity contribution < 1.29 is 29.0 Å². The topological polar surface area (TPSA) is 114 Å². The Morgan fingerprint density at radius 3 is 2.20 bits per heavy atom. The van der Waals surface area contributed by atoms with E-state index in [1.807, 2.05) is 24.3 Å². The highest BCUT2D eigenvalue weighted by molar-refractivity contribution is 5.80. The lowest BCUT2D eigenvalue weighted by Gasteiger charge is -2.37. The van der Waals surface area contributed by atoms with Gasteiger partial charge in [-0.3, -0.25) is 9.59 Å². The largest absolute Gasteiger partial charge is 0.481 e. The Morgan fingerprint density at radius 2 is 1.57 bits per heavy atom. The number of benzene rings is 2. The Hall–Kier alpha value is -3.39. The highest BCUT2D eigenvalue weighted by Gasteiger charge is 2.35. The van der Waals surface area contributed by atoms with E-state index < -0.39 is 17.6 Å². The van der Waals surface area contributed by atoms with E-state index in [0.29, 0.717) is 12.8 Å². The van der Waals surface area contributed by atoms with Gasteiger partial charge >= 0.3 is 12.1 Å². The van der Waals surface area contributed by atoms with Gasteiger partial charge in [0.1, 0.15) is 13.2 Å². The molecule has 2 aromatic carbocycles. The highest BCUT2D eigenvalue weighted by atomic mass is 16.5. The molecule has 2 aliphatic carbocycles. The van der Waals surface area contributed by atoms with Crippen LogP contribution in [0, 0.1) is 0 Å². The summed E-state index contributed by atoms with van der Waals surface area (Å²) in [5.41, 5.74) is 3.94. The molecule has 0 saturated heterocycles. The van der Waals surface area contributed by atoms with Crippen molar-refractivity contribution in [2.24, 2.45) is 0 Å². The maximum atomic E-state index is 12.3. The first kappa shape index (κ1) is 24.7. The number of hydrogen-bond acceptors (Lipinski definition) is 5. The van der Waals surface area contributed by atoms with Crippen LogP contribution in [0.25, 0.3) is 11.1 Å². The first-order valence-electron chi connectivity index (χ1n) is 12.2. The van der Waals surface area contributed by atoms with E-state index in [1.54, 1.807) is 0 Å². The number of carbonyl (C=O) groups excluding carboxylic acids is 2. The number of aliphatic carboxylic acids is 1. The number of rotatable bonds is 10. The van der Waals surface area contributed by atoms with E-state index >= 15 is 0 Å². The summed E-state index contributed by atoms with van der Waals surface area (Å²) >= 11 is 0. The minimum atomic E-state index is -0.916. The van der Waals surface area contributed by atoms with Crippen LogP contribution in [0.1, 0.15) is 55.6 Å². The Morgan fingerprint density at radius 1 is 0.943 bits per heavy atom.